The minimum absolute atomic E-state index is 0.114. The highest BCUT2D eigenvalue weighted by Gasteiger charge is 2.13. The smallest absolute Gasteiger partial charge is 0.323 e. The highest BCUT2D eigenvalue weighted by Crippen LogP contribution is 2.32. The molecule has 3 heterocycles. The predicted octanol–water partition coefficient (Wildman–Crippen LogP) is 4.00. The molecule has 0 atom stereocenters. The van der Waals surface area contributed by atoms with Gasteiger partial charge in [0.05, 0.1) is 5.52 Å². The first kappa shape index (κ1) is 19.5. The van der Waals surface area contributed by atoms with Gasteiger partial charge in [-0.25, -0.2) is 4.98 Å². The Labute approximate surface area is 174 Å². The minimum Gasteiger partial charge on any atom is -0.480 e. The zero-order valence-electron chi connectivity index (χ0n) is 16.7. The number of pyridine rings is 3. The standard InChI is InChI=1S/C24H22N4O2/c1-28(16-24(29)30)23-14-20(19-8-11-25-12-9-19)21-13-17(6-7-22(21)27-23)4-5-18-3-2-10-26-15-18/h2-3,6-15H,4-5,16H2,1H3,(H,29,30). The van der Waals surface area contributed by atoms with Crippen molar-refractivity contribution in [3.05, 3.63) is 84.4 Å². The number of anilines is 1. The van der Waals surface area contributed by atoms with Crippen molar-refractivity contribution in [1.29, 1.82) is 0 Å². The van der Waals surface area contributed by atoms with Crippen LogP contribution in [-0.4, -0.2) is 39.6 Å². The highest BCUT2D eigenvalue weighted by atomic mass is 16.4. The summed E-state index contributed by atoms with van der Waals surface area (Å²) in [5.41, 5.74) is 5.29. The van der Waals surface area contributed by atoms with Crippen LogP contribution in [0.3, 0.4) is 0 Å². The lowest BCUT2D eigenvalue weighted by Crippen LogP contribution is -2.26. The molecule has 0 saturated heterocycles. The molecule has 0 aliphatic carbocycles. The van der Waals surface area contributed by atoms with E-state index in [0.29, 0.717) is 5.82 Å². The first-order valence-corrected chi connectivity index (χ1v) is 9.76. The van der Waals surface area contributed by atoms with Crippen LogP contribution in [0.1, 0.15) is 11.1 Å². The van der Waals surface area contributed by atoms with Gasteiger partial charge in [-0.3, -0.25) is 14.8 Å². The van der Waals surface area contributed by atoms with Gasteiger partial charge in [0.1, 0.15) is 12.4 Å². The van der Waals surface area contributed by atoms with E-state index in [2.05, 4.69) is 28.2 Å². The van der Waals surface area contributed by atoms with Gasteiger partial charge in [-0.2, -0.15) is 0 Å². The maximum absolute atomic E-state index is 11.2. The molecule has 0 aliphatic heterocycles. The summed E-state index contributed by atoms with van der Waals surface area (Å²) in [6, 6.07) is 16.2. The Morgan fingerprint density at radius 2 is 1.77 bits per heavy atom. The molecule has 0 amide bonds. The van der Waals surface area contributed by atoms with E-state index in [9.17, 15) is 4.79 Å². The molecule has 6 heteroatoms. The van der Waals surface area contributed by atoms with Crippen LogP contribution in [0.5, 0.6) is 0 Å². The Bertz CT molecular complexity index is 1160. The third-order valence-electron chi connectivity index (χ3n) is 5.04. The van der Waals surface area contributed by atoms with Crippen LogP contribution >= 0.6 is 0 Å². The fraction of sp³-hybridized carbons (Fsp3) is 0.167. The van der Waals surface area contributed by atoms with Crippen molar-refractivity contribution in [2.75, 3.05) is 18.5 Å². The lowest BCUT2D eigenvalue weighted by atomic mass is 9.98. The molecule has 3 aromatic heterocycles. The van der Waals surface area contributed by atoms with Gasteiger partial charge >= 0.3 is 5.97 Å². The number of hydrogen-bond acceptors (Lipinski definition) is 5. The van der Waals surface area contributed by atoms with E-state index >= 15 is 0 Å². The second kappa shape index (κ2) is 8.69. The maximum atomic E-state index is 11.2. The second-order valence-electron chi connectivity index (χ2n) is 7.23. The molecule has 1 N–H and O–H groups in total. The molecule has 0 unspecified atom stereocenters. The average Bonchev–Trinajstić information content (AvgIpc) is 2.77. The monoisotopic (exact) mass is 398 g/mol. The van der Waals surface area contributed by atoms with E-state index in [1.807, 2.05) is 36.5 Å². The Morgan fingerprint density at radius 3 is 2.50 bits per heavy atom. The normalized spacial score (nSPS) is 10.8. The largest absolute Gasteiger partial charge is 0.480 e. The van der Waals surface area contributed by atoms with Gasteiger partial charge in [-0.15, -0.1) is 0 Å². The summed E-state index contributed by atoms with van der Waals surface area (Å²) in [6.07, 6.45) is 9.01. The number of carboxylic acid groups (broad SMARTS) is 1. The SMILES string of the molecule is CN(CC(=O)O)c1cc(-c2ccncc2)c2cc(CCc3cccnc3)ccc2n1. The van der Waals surface area contributed by atoms with E-state index in [1.165, 1.54) is 11.1 Å². The van der Waals surface area contributed by atoms with Crippen molar-refractivity contribution in [3.63, 3.8) is 0 Å². The van der Waals surface area contributed by atoms with Gasteiger partial charge in [-0.1, -0.05) is 12.1 Å². The topological polar surface area (TPSA) is 79.2 Å². The van der Waals surface area contributed by atoms with Crippen molar-refractivity contribution in [2.45, 2.75) is 12.8 Å². The molecular formula is C24H22N4O2. The summed E-state index contributed by atoms with van der Waals surface area (Å²) >= 11 is 0. The van der Waals surface area contributed by atoms with E-state index < -0.39 is 5.97 Å². The van der Waals surface area contributed by atoms with Crippen molar-refractivity contribution in [1.82, 2.24) is 15.0 Å². The van der Waals surface area contributed by atoms with Gasteiger partial charge < -0.3 is 10.0 Å². The van der Waals surface area contributed by atoms with Gasteiger partial charge in [0.25, 0.3) is 0 Å². The molecule has 150 valence electrons. The zero-order chi connectivity index (χ0) is 20.9. The molecule has 0 radical (unpaired) electrons. The Morgan fingerprint density at radius 1 is 0.967 bits per heavy atom. The molecule has 0 fully saturated rings. The van der Waals surface area contributed by atoms with Crippen LogP contribution in [0, 0.1) is 0 Å². The lowest BCUT2D eigenvalue weighted by Gasteiger charge is -2.18. The molecule has 4 rings (SSSR count). The van der Waals surface area contributed by atoms with E-state index in [-0.39, 0.29) is 6.54 Å². The number of aryl methyl sites for hydroxylation is 2. The van der Waals surface area contributed by atoms with E-state index in [0.717, 1.165) is 34.9 Å². The summed E-state index contributed by atoms with van der Waals surface area (Å²) in [4.78, 5) is 25.8. The Balaban J connectivity index is 1.75. The molecule has 6 nitrogen and oxygen atoms in total. The number of aromatic nitrogens is 3. The molecule has 0 spiro atoms. The molecule has 1 aromatic carbocycles. The summed E-state index contributed by atoms with van der Waals surface area (Å²) in [5.74, 6) is -0.268. The fourth-order valence-electron chi connectivity index (χ4n) is 3.50. The first-order valence-electron chi connectivity index (χ1n) is 9.76. The summed E-state index contributed by atoms with van der Waals surface area (Å²) < 4.78 is 0. The molecule has 0 saturated carbocycles. The quantitative estimate of drug-likeness (QED) is 0.507. The number of aliphatic carboxylic acids is 1. The second-order valence-corrected chi connectivity index (χ2v) is 7.23. The minimum atomic E-state index is -0.893. The van der Waals surface area contributed by atoms with Crippen molar-refractivity contribution in [2.24, 2.45) is 0 Å². The molecular weight excluding hydrogens is 376 g/mol. The lowest BCUT2D eigenvalue weighted by molar-refractivity contribution is -0.135. The van der Waals surface area contributed by atoms with Gasteiger partial charge in [0, 0.05) is 37.2 Å². The highest BCUT2D eigenvalue weighted by molar-refractivity contribution is 5.96. The summed E-state index contributed by atoms with van der Waals surface area (Å²) in [5, 5.41) is 10.2. The number of fused-ring (bicyclic) bond motifs is 1. The van der Waals surface area contributed by atoms with Crippen molar-refractivity contribution in [3.8, 4) is 11.1 Å². The van der Waals surface area contributed by atoms with Crippen molar-refractivity contribution >= 4 is 22.7 Å². The van der Waals surface area contributed by atoms with E-state index in [4.69, 9.17) is 10.1 Å². The summed E-state index contributed by atoms with van der Waals surface area (Å²) in [6.45, 7) is -0.114. The number of nitrogens with zero attached hydrogens (tertiary/aromatic N) is 4. The third-order valence-corrected chi connectivity index (χ3v) is 5.04. The number of hydrogen-bond donors (Lipinski definition) is 1. The number of rotatable bonds is 7. The third kappa shape index (κ3) is 4.43. The number of carbonyl (C=O) groups is 1. The molecule has 4 aromatic rings. The van der Waals surface area contributed by atoms with Crippen LogP contribution < -0.4 is 4.90 Å². The first-order chi connectivity index (χ1) is 14.6. The average molecular weight is 398 g/mol. The van der Waals surface area contributed by atoms with Crippen LogP contribution in [0.4, 0.5) is 5.82 Å². The van der Waals surface area contributed by atoms with Crippen LogP contribution in [0.15, 0.2) is 73.3 Å². The van der Waals surface area contributed by atoms with Gasteiger partial charge in [0.15, 0.2) is 0 Å². The molecule has 0 aliphatic rings. The number of carboxylic acids is 1. The van der Waals surface area contributed by atoms with Crippen LogP contribution in [-0.2, 0) is 17.6 Å². The number of likely N-dealkylation sites (N-methyl/N-ethyl adjacent to an activating group) is 1. The van der Waals surface area contributed by atoms with E-state index in [1.54, 1.807) is 30.5 Å². The zero-order valence-corrected chi connectivity index (χ0v) is 16.7. The summed E-state index contributed by atoms with van der Waals surface area (Å²) in [7, 11) is 1.74. The van der Waals surface area contributed by atoms with Crippen molar-refractivity contribution < 1.29 is 9.90 Å². The Kier molecular flexibility index (Phi) is 5.66. The van der Waals surface area contributed by atoms with Gasteiger partial charge in [-0.05, 0) is 71.5 Å². The number of benzene rings is 1. The molecule has 30 heavy (non-hydrogen) atoms. The fourth-order valence-corrected chi connectivity index (χ4v) is 3.50. The molecule has 0 bridgehead atoms. The Hall–Kier alpha value is -3.80. The van der Waals surface area contributed by atoms with Crippen LogP contribution in [0.2, 0.25) is 0 Å². The van der Waals surface area contributed by atoms with Gasteiger partial charge in [0.2, 0.25) is 0 Å². The maximum Gasteiger partial charge on any atom is 0.323 e. The van der Waals surface area contributed by atoms with Crippen LogP contribution in [0.25, 0.3) is 22.0 Å². The predicted molar refractivity (Wildman–Crippen MR) is 118 cm³/mol.